The van der Waals surface area contributed by atoms with Crippen molar-refractivity contribution in [3.63, 3.8) is 0 Å². The summed E-state index contributed by atoms with van der Waals surface area (Å²) in [6.45, 7) is 1.25. The standard InChI is InChI=1S/C19H23N5OS/c1-23-15-6-3-2-5-14(15)21-18(23)16-7-4-9-24(16)12-17(25)22-19-13(11-20)8-10-26-19/h8,10,16H,2-7,9,12H2,1H3,(H,22,25)/t16-/m1/s1. The van der Waals surface area contributed by atoms with Crippen LogP contribution in [0.5, 0.6) is 0 Å². The topological polar surface area (TPSA) is 74.0 Å². The van der Waals surface area contributed by atoms with E-state index in [-0.39, 0.29) is 11.9 Å². The van der Waals surface area contributed by atoms with Crippen molar-refractivity contribution in [1.82, 2.24) is 14.5 Å². The van der Waals surface area contributed by atoms with Crippen LogP contribution in [0.2, 0.25) is 0 Å². The molecule has 1 amide bonds. The predicted molar refractivity (Wildman–Crippen MR) is 101 cm³/mol. The normalized spacial score (nSPS) is 19.9. The number of likely N-dealkylation sites (tertiary alicyclic amines) is 1. The molecule has 0 bridgehead atoms. The number of carbonyl (C=O) groups is 1. The fourth-order valence-electron chi connectivity index (χ4n) is 4.16. The Morgan fingerprint density at radius 3 is 3.08 bits per heavy atom. The molecule has 2 aromatic rings. The third-order valence-corrected chi connectivity index (χ3v) is 6.29. The van der Waals surface area contributed by atoms with Gasteiger partial charge in [0, 0.05) is 12.7 Å². The molecule has 4 rings (SSSR count). The fraction of sp³-hybridized carbons (Fsp3) is 0.526. The van der Waals surface area contributed by atoms with Gasteiger partial charge in [0.2, 0.25) is 5.91 Å². The average molecular weight is 369 g/mol. The van der Waals surface area contributed by atoms with E-state index in [1.807, 2.05) is 5.38 Å². The van der Waals surface area contributed by atoms with E-state index in [0.29, 0.717) is 17.1 Å². The molecule has 1 atom stereocenters. The number of hydrogen-bond donors (Lipinski definition) is 1. The maximum Gasteiger partial charge on any atom is 0.239 e. The zero-order valence-electron chi connectivity index (χ0n) is 15.0. The number of aromatic nitrogens is 2. The van der Waals surface area contributed by atoms with Crippen LogP contribution in [0.1, 0.15) is 54.5 Å². The lowest BCUT2D eigenvalue weighted by atomic mass is 10.0. The third-order valence-electron chi connectivity index (χ3n) is 5.46. The zero-order valence-corrected chi connectivity index (χ0v) is 15.8. The molecule has 0 unspecified atom stereocenters. The molecule has 0 saturated carbocycles. The molecule has 1 saturated heterocycles. The van der Waals surface area contributed by atoms with Crippen LogP contribution in [-0.2, 0) is 24.7 Å². The first-order valence-electron chi connectivity index (χ1n) is 9.23. The van der Waals surface area contributed by atoms with Gasteiger partial charge in [0.05, 0.1) is 23.8 Å². The second kappa shape index (κ2) is 7.22. The van der Waals surface area contributed by atoms with Gasteiger partial charge < -0.3 is 9.88 Å². The van der Waals surface area contributed by atoms with Gasteiger partial charge in [-0.15, -0.1) is 11.3 Å². The van der Waals surface area contributed by atoms with E-state index in [9.17, 15) is 4.79 Å². The van der Waals surface area contributed by atoms with Crippen LogP contribution in [0.25, 0.3) is 0 Å². The summed E-state index contributed by atoms with van der Waals surface area (Å²) in [6.07, 6.45) is 6.78. The summed E-state index contributed by atoms with van der Waals surface area (Å²) in [4.78, 5) is 19.7. The quantitative estimate of drug-likeness (QED) is 0.899. The van der Waals surface area contributed by atoms with Crippen LogP contribution in [0.15, 0.2) is 11.4 Å². The van der Waals surface area contributed by atoms with Gasteiger partial charge in [-0.3, -0.25) is 9.69 Å². The lowest BCUT2D eigenvalue weighted by molar-refractivity contribution is -0.117. The van der Waals surface area contributed by atoms with Gasteiger partial charge in [-0.25, -0.2) is 4.98 Å². The molecule has 2 aliphatic rings. The van der Waals surface area contributed by atoms with Crippen LogP contribution in [-0.4, -0.2) is 33.4 Å². The SMILES string of the molecule is Cn1c([C@H]2CCCN2CC(=O)Nc2sccc2C#N)nc2c1CCCC2. The second-order valence-corrected chi connectivity index (χ2v) is 8.00. The number of nitrogens with zero attached hydrogens (tertiary/aromatic N) is 4. The summed E-state index contributed by atoms with van der Waals surface area (Å²) in [7, 11) is 2.12. The Balaban J connectivity index is 1.48. The van der Waals surface area contributed by atoms with Gasteiger partial charge in [-0.1, -0.05) is 0 Å². The molecular weight excluding hydrogens is 346 g/mol. The number of rotatable bonds is 4. The van der Waals surface area contributed by atoms with Crippen LogP contribution < -0.4 is 5.32 Å². The van der Waals surface area contributed by atoms with Crippen molar-refractivity contribution in [2.24, 2.45) is 7.05 Å². The Labute approximate surface area is 157 Å². The maximum absolute atomic E-state index is 12.5. The Kier molecular flexibility index (Phi) is 4.79. The average Bonchev–Trinajstić information content (AvgIpc) is 3.35. The minimum absolute atomic E-state index is 0.0603. The Morgan fingerprint density at radius 1 is 1.42 bits per heavy atom. The number of carbonyl (C=O) groups excluding carboxylic acids is 1. The maximum atomic E-state index is 12.5. The first-order chi connectivity index (χ1) is 12.7. The van der Waals surface area contributed by atoms with E-state index >= 15 is 0 Å². The highest BCUT2D eigenvalue weighted by molar-refractivity contribution is 7.14. The van der Waals surface area contributed by atoms with Gasteiger partial charge in [0.1, 0.15) is 16.9 Å². The van der Waals surface area contributed by atoms with Gasteiger partial charge in [0.25, 0.3) is 0 Å². The van der Waals surface area contributed by atoms with Gasteiger partial charge >= 0.3 is 0 Å². The number of nitrogens with one attached hydrogen (secondary N) is 1. The van der Waals surface area contributed by atoms with E-state index in [1.165, 1.54) is 35.6 Å². The van der Waals surface area contributed by atoms with Crippen LogP contribution in [0, 0.1) is 11.3 Å². The molecule has 2 aromatic heterocycles. The summed E-state index contributed by atoms with van der Waals surface area (Å²) >= 11 is 1.39. The molecular formula is C19H23N5OS. The van der Waals surface area contributed by atoms with E-state index in [4.69, 9.17) is 10.2 Å². The van der Waals surface area contributed by atoms with Crippen molar-refractivity contribution in [1.29, 1.82) is 5.26 Å². The third kappa shape index (κ3) is 3.15. The molecule has 0 radical (unpaired) electrons. The number of imidazole rings is 1. The molecule has 1 N–H and O–H groups in total. The monoisotopic (exact) mass is 369 g/mol. The molecule has 136 valence electrons. The molecule has 3 heterocycles. The largest absolute Gasteiger partial charge is 0.334 e. The first kappa shape index (κ1) is 17.3. The van der Waals surface area contributed by atoms with Gasteiger partial charge in [-0.2, -0.15) is 5.26 Å². The van der Waals surface area contributed by atoms with Gasteiger partial charge in [0.15, 0.2) is 0 Å². The number of hydrogen-bond acceptors (Lipinski definition) is 5. The van der Waals surface area contributed by atoms with E-state index in [0.717, 1.165) is 38.1 Å². The highest BCUT2D eigenvalue weighted by atomic mass is 32.1. The van der Waals surface area contributed by atoms with Crippen molar-refractivity contribution >= 4 is 22.2 Å². The summed E-state index contributed by atoms with van der Waals surface area (Å²) in [5.74, 6) is 1.05. The molecule has 0 aromatic carbocycles. The Bertz CT molecular complexity index is 862. The van der Waals surface area contributed by atoms with E-state index in [2.05, 4.69) is 27.9 Å². The predicted octanol–water partition coefficient (Wildman–Crippen LogP) is 3.01. The lowest BCUT2D eigenvalue weighted by Crippen LogP contribution is -2.33. The van der Waals surface area contributed by atoms with Crippen molar-refractivity contribution < 1.29 is 4.79 Å². The number of fused-ring (bicyclic) bond motifs is 1. The molecule has 7 heteroatoms. The highest BCUT2D eigenvalue weighted by Crippen LogP contribution is 2.33. The lowest BCUT2D eigenvalue weighted by Gasteiger charge is -2.23. The van der Waals surface area contributed by atoms with E-state index in [1.54, 1.807) is 6.07 Å². The van der Waals surface area contributed by atoms with E-state index < -0.39 is 0 Å². The highest BCUT2D eigenvalue weighted by Gasteiger charge is 2.32. The smallest absolute Gasteiger partial charge is 0.239 e. The molecule has 6 nitrogen and oxygen atoms in total. The van der Waals surface area contributed by atoms with Crippen molar-refractivity contribution in [2.45, 2.75) is 44.6 Å². The number of amides is 1. The molecule has 0 spiro atoms. The minimum Gasteiger partial charge on any atom is -0.334 e. The van der Waals surface area contributed by atoms with Crippen LogP contribution in [0.4, 0.5) is 5.00 Å². The fourth-order valence-corrected chi connectivity index (χ4v) is 4.91. The number of aryl methyl sites for hydroxylation is 1. The number of nitriles is 1. The molecule has 1 aliphatic heterocycles. The number of anilines is 1. The molecule has 1 aliphatic carbocycles. The van der Waals surface area contributed by atoms with Crippen molar-refractivity contribution in [3.8, 4) is 6.07 Å². The second-order valence-electron chi connectivity index (χ2n) is 7.08. The molecule has 1 fully saturated rings. The van der Waals surface area contributed by atoms with Crippen molar-refractivity contribution in [2.75, 3.05) is 18.4 Å². The molecule has 26 heavy (non-hydrogen) atoms. The Morgan fingerprint density at radius 2 is 2.27 bits per heavy atom. The minimum atomic E-state index is -0.0603. The first-order valence-corrected chi connectivity index (χ1v) is 10.1. The number of thiophene rings is 1. The zero-order chi connectivity index (χ0) is 18.1. The summed E-state index contributed by atoms with van der Waals surface area (Å²) in [5, 5.41) is 14.4. The van der Waals surface area contributed by atoms with Crippen LogP contribution >= 0.6 is 11.3 Å². The van der Waals surface area contributed by atoms with Crippen LogP contribution in [0.3, 0.4) is 0 Å². The summed E-state index contributed by atoms with van der Waals surface area (Å²) < 4.78 is 2.27. The summed E-state index contributed by atoms with van der Waals surface area (Å²) in [5.41, 5.74) is 3.15. The van der Waals surface area contributed by atoms with Gasteiger partial charge in [-0.05, 0) is 56.5 Å². The van der Waals surface area contributed by atoms with Crippen molar-refractivity contribution in [3.05, 3.63) is 34.2 Å². The Hall–Kier alpha value is -2.17. The summed E-state index contributed by atoms with van der Waals surface area (Å²) in [6, 6.07) is 4.05.